The van der Waals surface area contributed by atoms with Gasteiger partial charge in [0.05, 0.1) is 33.1 Å². The SMILES string of the molecule is CC1(C)CCC(C)(C)c2cc3c(cc21)c1cc2c(cc1n3-c1ccc(-n3c4ccccc4c4ccccc43)cc1)c1c3ccccc3ccc1n2-c1ccccc1. The average Bonchev–Trinajstić information content (AvgIpc) is 3.87. The number of para-hydroxylation sites is 3. The molecule has 0 spiro atoms. The van der Waals surface area contributed by atoms with Crippen molar-refractivity contribution < 1.29 is 0 Å². The molecule has 0 unspecified atom stereocenters. The van der Waals surface area contributed by atoms with Crippen LogP contribution in [0.1, 0.15) is 51.7 Å². The van der Waals surface area contributed by atoms with E-state index in [0.717, 1.165) is 5.69 Å². The van der Waals surface area contributed by atoms with Gasteiger partial charge in [-0.05, 0) is 124 Å². The van der Waals surface area contributed by atoms with Crippen LogP contribution < -0.4 is 0 Å². The van der Waals surface area contributed by atoms with E-state index in [4.69, 9.17) is 0 Å². The summed E-state index contributed by atoms with van der Waals surface area (Å²) in [5.41, 5.74) is 14.1. The number of hydrogen-bond donors (Lipinski definition) is 0. The van der Waals surface area contributed by atoms with Gasteiger partial charge in [0.1, 0.15) is 0 Å². The molecule has 0 atom stereocenters. The Morgan fingerprint density at radius 3 is 1.46 bits per heavy atom. The number of hydrogen-bond acceptors (Lipinski definition) is 0. The molecule has 0 bridgehead atoms. The highest BCUT2D eigenvalue weighted by molar-refractivity contribution is 6.25. The lowest BCUT2D eigenvalue weighted by Crippen LogP contribution is -2.33. The Kier molecular flexibility index (Phi) is 6.58. The minimum atomic E-state index is 0.0877. The summed E-state index contributed by atoms with van der Waals surface area (Å²) in [7, 11) is 0. The van der Waals surface area contributed by atoms with Crippen molar-refractivity contribution in [3.8, 4) is 17.1 Å². The minimum Gasteiger partial charge on any atom is -0.309 e. The fraction of sp³-hybridized carbons (Fsp3) is 0.148. The second-order valence-corrected chi connectivity index (χ2v) is 17.6. The third-order valence-corrected chi connectivity index (χ3v) is 13.5. The Hall–Kier alpha value is -6.58. The van der Waals surface area contributed by atoms with Crippen LogP contribution in [0.25, 0.3) is 93.3 Å². The quantitative estimate of drug-likeness (QED) is 0.172. The molecular weight excluding hydrogens is 691 g/mol. The van der Waals surface area contributed by atoms with E-state index in [1.54, 1.807) is 0 Å². The van der Waals surface area contributed by atoms with Gasteiger partial charge in [-0.1, -0.05) is 113 Å². The van der Waals surface area contributed by atoms with E-state index in [0.29, 0.717) is 0 Å². The third kappa shape index (κ3) is 4.54. The standard InChI is InChI=1S/C54H43N3/c1-53(2)28-29-54(3,4)45-33-51-41(30-44(45)53)42-31-50-43(52-38-17-9-8-14-34(38)22-27-48(52)56(50)35-15-6-5-7-16-35)32-49(42)57(51)37-25-23-36(24-26-37)55-46-20-12-10-18-39(46)40-19-11-13-21-47(40)55/h5-27,30-33H,28-29H2,1-4H3. The lowest BCUT2D eigenvalue weighted by molar-refractivity contribution is 0.332. The first-order chi connectivity index (χ1) is 27.8. The maximum Gasteiger partial charge on any atom is 0.0549 e. The summed E-state index contributed by atoms with van der Waals surface area (Å²) in [4.78, 5) is 0. The zero-order valence-corrected chi connectivity index (χ0v) is 32.8. The molecule has 0 amide bonds. The lowest BCUT2D eigenvalue weighted by atomic mass is 9.63. The van der Waals surface area contributed by atoms with E-state index in [-0.39, 0.29) is 10.8 Å². The van der Waals surface area contributed by atoms with Crippen molar-refractivity contribution in [2.24, 2.45) is 0 Å². The Labute approximate surface area is 332 Å². The normalized spacial score (nSPS) is 15.2. The summed E-state index contributed by atoms with van der Waals surface area (Å²) < 4.78 is 7.44. The van der Waals surface area contributed by atoms with Gasteiger partial charge in [0.2, 0.25) is 0 Å². The van der Waals surface area contributed by atoms with Crippen molar-refractivity contribution in [1.29, 1.82) is 0 Å². The van der Waals surface area contributed by atoms with Gasteiger partial charge in [0.25, 0.3) is 0 Å². The van der Waals surface area contributed by atoms with Gasteiger partial charge in [-0.3, -0.25) is 0 Å². The van der Waals surface area contributed by atoms with Crippen molar-refractivity contribution >= 4 is 76.2 Å². The Morgan fingerprint density at radius 2 is 0.789 bits per heavy atom. The molecule has 274 valence electrons. The highest BCUT2D eigenvalue weighted by Gasteiger charge is 2.38. The largest absolute Gasteiger partial charge is 0.309 e. The van der Waals surface area contributed by atoms with Crippen LogP contribution in [0.15, 0.2) is 164 Å². The van der Waals surface area contributed by atoms with E-state index in [1.807, 2.05) is 0 Å². The van der Waals surface area contributed by atoms with E-state index >= 15 is 0 Å². The summed E-state index contributed by atoms with van der Waals surface area (Å²) >= 11 is 0. The summed E-state index contributed by atoms with van der Waals surface area (Å²) in [6.07, 6.45) is 2.36. The molecule has 3 nitrogen and oxygen atoms in total. The van der Waals surface area contributed by atoms with Gasteiger partial charge in [0, 0.05) is 49.4 Å². The monoisotopic (exact) mass is 733 g/mol. The molecule has 3 heteroatoms. The van der Waals surface area contributed by atoms with Crippen LogP contribution >= 0.6 is 0 Å². The van der Waals surface area contributed by atoms with Crippen LogP contribution in [-0.2, 0) is 10.8 Å². The Balaban J connectivity index is 1.19. The molecule has 0 aliphatic heterocycles. The van der Waals surface area contributed by atoms with Crippen LogP contribution in [0.3, 0.4) is 0 Å². The second-order valence-electron chi connectivity index (χ2n) is 17.6. The first kappa shape index (κ1) is 32.6. The maximum atomic E-state index is 2.56. The molecule has 0 saturated heterocycles. The van der Waals surface area contributed by atoms with Gasteiger partial charge in [0.15, 0.2) is 0 Å². The summed E-state index contributed by atoms with van der Waals surface area (Å²) in [5.74, 6) is 0. The molecule has 1 aliphatic rings. The highest BCUT2D eigenvalue weighted by Crippen LogP contribution is 2.49. The van der Waals surface area contributed by atoms with Crippen LogP contribution in [0.5, 0.6) is 0 Å². The molecule has 0 radical (unpaired) electrons. The van der Waals surface area contributed by atoms with Crippen LogP contribution in [-0.4, -0.2) is 13.7 Å². The summed E-state index contributed by atoms with van der Waals surface area (Å²) in [6.45, 7) is 9.76. The van der Waals surface area contributed by atoms with E-state index < -0.39 is 0 Å². The lowest BCUT2D eigenvalue weighted by Gasteiger charge is -2.42. The fourth-order valence-corrected chi connectivity index (χ4v) is 10.4. The molecule has 3 heterocycles. The van der Waals surface area contributed by atoms with E-state index in [1.165, 1.54) is 112 Å². The molecule has 11 aromatic rings. The first-order valence-electron chi connectivity index (χ1n) is 20.4. The van der Waals surface area contributed by atoms with Crippen molar-refractivity contribution in [3.05, 3.63) is 175 Å². The van der Waals surface area contributed by atoms with E-state index in [9.17, 15) is 0 Å². The van der Waals surface area contributed by atoms with Crippen molar-refractivity contribution in [1.82, 2.24) is 13.7 Å². The highest BCUT2D eigenvalue weighted by atomic mass is 15.0. The topological polar surface area (TPSA) is 14.8 Å². The second kappa shape index (κ2) is 11.5. The summed E-state index contributed by atoms with van der Waals surface area (Å²) in [6, 6.07) is 61.2. The Bertz CT molecular complexity index is 3390. The fourth-order valence-electron chi connectivity index (χ4n) is 10.4. The molecule has 3 aromatic heterocycles. The van der Waals surface area contributed by atoms with Crippen molar-refractivity contribution in [2.45, 2.75) is 51.4 Å². The summed E-state index contributed by atoms with van der Waals surface area (Å²) in [5, 5.41) is 10.3. The molecule has 8 aromatic carbocycles. The molecular formula is C54H43N3. The van der Waals surface area contributed by atoms with Gasteiger partial charge < -0.3 is 13.7 Å². The number of rotatable bonds is 3. The molecule has 1 aliphatic carbocycles. The zero-order chi connectivity index (χ0) is 38.2. The minimum absolute atomic E-state index is 0.0877. The van der Waals surface area contributed by atoms with Crippen LogP contribution in [0.4, 0.5) is 0 Å². The predicted octanol–water partition coefficient (Wildman–Crippen LogP) is 14.5. The molecule has 0 saturated carbocycles. The van der Waals surface area contributed by atoms with Crippen LogP contribution in [0.2, 0.25) is 0 Å². The number of fused-ring (bicyclic) bond motifs is 12. The van der Waals surface area contributed by atoms with Gasteiger partial charge in [-0.2, -0.15) is 0 Å². The molecule has 0 fully saturated rings. The molecule has 57 heavy (non-hydrogen) atoms. The number of benzene rings is 8. The van der Waals surface area contributed by atoms with Gasteiger partial charge >= 0.3 is 0 Å². The molecule has 0 N–H and O–H groups in total. The zero-order valence-electron chi connectivity index (χ0n) is 32.8. The van der Waals surface area contributed by atoms with Gasteiger partial charge in [-0.25, -0.2) is 0 Å². The van der Waals surface area contributed by atoms with E-state index in [2.05, 4.69) is 205 Å². The van der Waals surface area contributed by atoms with Crippen molar-refractivity contribution in [3.63, 3.8) is 0 Å². The number of nitrogens with zero attached hydrogens (tertiary/aromatic N) is 3. The smallest absolute Gasteiger partial charge is 0.0549 e. The molecule has 12 rings (SSSR count). The van der Waals surface area contributed by atoms with Crippen LogP contribution in [0, 0.1) is 0 Å². The average molecular weight is 734 g/mol. The predicted molar refractivity (Wildman–Crippen MR) is 242 cm³/mol. The number of aromatic nitrogens is 3. The van der Waals surface area contributed by atoms with Crippen molar-refractivity contribution in [2.75, 3.05) is 0 Å². The Morgan fingerprint density at radius 1 is 0.333 bits per heavy atom. The third-order valence-electron chi connectivity index (χ3n) is 13.5. The maximum absolute atomic E-state index is 2.56. The van der Waals surface area contributed by atoms with Gasteiger partial charge in [-0.15, -0.1) is 0 Å². The first-order valence-corrected chi connectivity index (χ1v) is 20.4.